The second kappa shape index (κ2) is 10.5. The van der Waals surface area contributed by atoms with Gasteiger partial charge >= 0.3 is 12.3 Å². The first-order valence-electron chi connectivity index (χ1n) is 12.3. The summed E-state index contributed by atoms with van der Waals surface area (Å²) in [6, 6.07) is 12.2. The molecular formula is C27H27F3N2O5. The Morgan fingerprint density at radius 1 is 1.11 bits per heavy atom. The van der Waals surface area contributed by atoms with E-state index in [1.165, 1.54) is 30.3 Å². The van der Waals surface area contributed by atoms with Crippen LogP contribution < -0.4 is 14.8 Å². The van der Waals surface area contributed by atoms with E-state index in [0.717, 1.165) is 38.8 Å². The van der Waals surface area contributed by atoms with Crippen LogP contribution >= 0.6 is 0 Å². The Morgan fingerprint density at radius 3 is 2.57 bits per heavy atom. The zero-order chi connectivity index (χ0) is 26.0. The van der Waals surface area contributed by atoms with Crippen molar-refractivity contribution in [1.29, 1.82) is 0 Å². The largest absolute Gasteiger partial charge is 0.573 e. The van der Waals surface area contributed by atoms with Crippen LogP contribution in [0.2, 0.25) is 0 Å². The van der Waals surface area contributed by atoms with Crippen LogP contribution in [0, 0.1) is 5.92 Å². The summed E-state index contributed by atoms with van der Waals surface area (Å²) >= 11 is 0. The van der Waals surface area contributed by atoms with Crippen molar-refractivity contribution in [2.75, 3.05) is 13.1 Å². The maximum absolute atomic E-state index is 13.1. The van der Waals surface area contributed by atoms with E-state index in [4.69, 9.17) is 9.26 Å². The van der Waals surface area contributed by atoms with Gasteiger partial charge in [0.25, 0.3) is 0 Å². The summed E-state index contributed by atoms with van der Waals surface area (Å²) < 4.78 is 55.8. The molecule has 2 aromatic carbocycles. The summed E-state index contributed by atoms with van der Waals surface area (Å²) in [4.78, 5) is 11.5. The van der Waals surface area contributed by atoms with Gasteiger partial charge in [-0.15, -0.1) is 13.2 Å². The van der Waals surface area contributed by atoms with Crippen LogP contribution in [0.3, 0.4) is 0 Å². The summed E-state index contributed by atoms with van der Waals surface area (Å²) in [5.41, 5.74) is 1.33. The van der Waals surface area contributed by atoms with Gasteiger partial charge in [-0.1, -0.05) is 23.4 Å². The average Bonchev–Trinajstić information content (AvgIpc) is 3.64. The maximum Gasteiger partial charge on any atom is 0.573 e. The standard InChI is InChI=1S/C27H27F3N2O5/c28-27(29,30)36-22-7-2-1-6-20(22)24-21(25(37-32-24)17-8-9-17)15-23(16-10-12-31-13-11-16)35-19-5-3-4-18(14-19)26(33)34/h1-7,14,16-17,23,31H,8-13,15H2,(H,33,34). The number of hydrogen-bond donors (Lipinski definition) is 2. The van der Waals surface area contributed by atoms with Crippen molar-refractivity contribution in [3.63, 3.8) is 0 Å². The van der Waals surface area contributed by atoms with Gasteiger partial charge in [-0.25, -0.2) is 4.79 Å². The predicted octanol–water partition coefficient (Wildman–Crippen LogP) is 5.81. The molecule has 1 unspecified atom stereocenters. The van der Waals surface area contributed by atoms with E-state index < -0.39 is 12.3 Å². The van der Waals surface area contributed by atoms with Crippen LogP contribution in [0.15, 0.2) is 53.1 Å². The molecule has 1 atom stereocenters. The molecular weight excluding hydrogens is 489 g/mol. The number of ether oxygens (including phenoxy) is 2. The van der Waals surface area contributed by atoms with Crippen molar-refractivity contribution in [3.05, 3.63) is 65.4 Å². The summed E-state index contributed by atoms with van der Waals surface area (Å²) in [7, 11) is 0. The fourth-order valence-electron chi connectivity index (χ4n) is 4.87. The molecule has 5 rings (SSSR count). The van der Waals surface area contributed by atoms with Crippen LogP contribution in [-0.4, -0.2) is 41.8 Å². The SMILES string of the molecule is O=C(O)c1cccc(OC(Cc2c(-c3ccccc3OC(F)(F)F)noc2C2CC2)C2CCNCC2)c1. The molecule has 1 saturated carbocycles. The summed E-state index contributed by atoms with van der Waals surface area (Å²) in [6.07, 6.45) is -1.34. The topological polar surface area (TPSA) is 93.8 Å². The predicted molar refractivity (Wildman–Crippen MR) is 128 cm³/mol. The van der Waals surface area contributed by atoms with Gasteiger partial charge in [-0.05, 0) is 75.0 Å². The number of nitrogens with one attached hydrogen (secondary N) is 1. The Bertz CT molecular complexity index is 1250. The number of carboxylic acid groups (broad SMARTS) is 1. The van der Waals surface area contributed by atoms with E-state index >= 15 is 0 Å². The summed E-state index contributed by atoms with van der Waals surface area (Å²) in [5.74, 6) is -0.00104. The molecule has 37 heavy (non-hydrogen) atoms. The molecule has 10 heteroatoms. The molecule has 0 radical (unpaired) electrons. The third-order valence-corrected chi connectivity index (χ3v) is 6.82. The third kappa shape index (κ3) is 6.07. The number of carbonyl (C=O) groups is 1. The second-order valence-electron chi connectivity index (χ2n) is 9.47. The minimum absolute atomic E-state index is 0.115. The lowest BCUT2D eigenvalue weighted by Gasteiger charge is -2.31. The van der Waals surface area contributed by atoms with Crippen LogP contribution in [0.1, 0.15) is 53.3 Å². The van der Waals surface area contributed by atoms with Crippen molar-refractivity contribution >= 4 is 5.97 Å². The number of aromatic nitrogens is 1. The van der Waals surface area contributed by atoms with Crippen LogP contribution in [0.25, 0.3) is 11.3 Å². The average molecular weight is 517 g/mol. The molecule has 0 bridgehead atoms. The second-order valence-corrected chi connectivity index (χ2v) is 9.47. The van der Waals surface area contributed by atoms with Gasteiger partial charge < -0.3 is 24.4 Å². The Balaban J connectivity index is 1.52. The van der Waals surface area contributed by atoms with Crippen molar-refractivity contribution in [1.82, 2.24) is 10.5 Å². The van der Waals surface area contributed by atoms with Crippen LogP contribution in [0.5, 0.6) is 11.5 Å². The van der Waals surface area contributed by atoms with E-state index in [1.807, 2.05) is 0 Å². The lowest BCUT2D eigenvalue weighted by atomic mass is 9.87. The van der Waals surface area contributed by atoms with Crippen molar-refractivity contribution < 1.29 is 37.1 Å². The smallest absolute Gasteiger partial charge is 0.490 e. The van der Waals surface area contributed by atoms with Gasteiger partial charge in [-0.3, -0.25) is 0 Å². The summed E-state index contributed by atoms with van der Waals surface area (Å²) in [5, 5.41) is 16.9. The molecule has 1 aromatic heterocycles. The normalized spacial score (nSPS) is 17.4. The van der Waals surface area contributed by atoms with Gasteiger partial charge in [0.2, 0.25) is 0 Å². The number of piperidine rings is 1. The van der Waals surface area contributed by atoms with E-state index in [1.54, 1.807) is 18.2 Å². The highest BCUT2D eigenvalue weighted by Crippen LogP contribution is 2.46. The fourth-order valence-corrected chi connectivity index (χ4v) is 4.87. The van der Waals surface area contributed by atoms with Crippen molar-refractivity contribution in [3.8, 4) is 22.8 Å². The molecule has 1 aliphatic carbocycles. The molecule has 1 saturated heterocycles. The molecule has 196 valence electrons. The minimum atomic E-state index is -4.85. The quantitative estimate of drug-likeness (QED) is 0.371. The highest BCUT2D eigenvalue weighted by atomic mass is 19.4. The third-order valence-electron chi connectivity index (χ3n) is 6.82. The minimum Gasteiger partial charge on any atom is -0.490 e. The number of nitrogens with zero attached hydrogens (tertiary/aromatic N) is 1. The van der Waals surface area contributed by atoms with Crippen LogP contribution in [-0.2, 0) is 6.42 Å². The van der Waals surface area contributed by atoms with E-state index in [-0.39, 0.29) is 34.8 Å². The number of carboxylic acids is 1. The number of benzene rings is 2. The number of aromatic carboxylic acids is 1. The molecule has 0 spiro atoms. The molecule has 2 N–H and O–H groups in total. The highest BCUT2D eigenvalue weighted by Gasteiger charge is 2.37. The lowest BCUT2D eigenvalue weighted by Crippen LogP contribution is -2.38. The highest BCUT2D eigenvalue weighted by molar-refractivity contribution is 5.88. The van der Waals surface area contributed by atoms with Gasteiger partial charge in [0, 0.05) is 23.5 Å². The molecule has 7 nitrogen and oxygen atoms in total. The van der Waals surface area contributed by atoms with Crippen molar-refractivity contribution in [2.24, 2.45) is 5.92 Å². The number of hydrogen-bond acceptors (Lipinski definition) is 6. The number of rotatable bonds is 9. The lowest BCUT2D eigenvalue weighted by molar-refractivity contribution is -0.274. The first-order chi connectivity index (χ1) is 17.8. The zero-order valence-corrected chi connectivity index (χ0v) is 20.0. The Hall–Kier alpha value is -3.53. The van der Waals surface area contributed by atoms with Gasteiger partial charge in [0.1, 0.15) is 29.1 Å². The van der Waals surface area contributed by atoms with E-state index in [9.17, 15) is 23.1 Å². The van der Waals surface area contributed by atoms with Crippen molar-refractivity contribution in [2.45, 2.75) is 50.5 Å². The van der Waals surface area contributed by atoms with E-state index in [2.05, 4.69) is 15.2 Å². The van der Waals surface area contributed by atoms with E-state index in [0.29, 0.717) is 29.2 Å². The molecule has 0 amide bonds. The Morgan fingerprint density at radius 2 is 1.86 bits per heavy atom. The molecule has 3 aromatic rings. The first kappa shape index (κ1) is 25.1. The zero-order valence-electron chi connectivity index (χ0n) is 20.0. The monoisotopic (exact) mass is 516 g/mol. The molecule has 2 heterocycles. The first-order valence-corrected chi connectivity index (χ1v) is 12.3. The number of alkyl halides is 3. The summed E-state index contributed by atoms with van der Waals surface area (Å²) in [6.45, 7) is 1.63. The van der Waals surface area contributed by atoms with Gasteiger partial charge in [0.15, 0.2) is 0 Å². The van der Waals surface area contributed by atoms with Gasteiger partial charge in [0.05, 0.1) is 5.56 Å². The van der Waals surface area contributed by atoms with Gasteiger partial charge in [-0.2, -0.15) is 0 Å². The number of para-hydroxylation sites is 1. The number of halogens is 3. The molecule has 2 fully saturated rings. The fraction of sp³-hybridized carbons (Fsp3) is 0.407. The van der Waals surface area contributed by atoms with Crippen LogP contribution in [0.4, 0.5) is 13.2 Å². The molecule has 1 aliphatic heterocycles. The maximum atomic E-state index is 13.1. The Labute approximate surface area is 211 Å². The Kier molecular flexibility index (Phi) is 7.10. The molecule has 2 aliphatic rings.